The third-order valence-electron chi connectivity index (χ3n) is 4.15. The van der Waals surface area contributed by atoms with Gasteiger partial charge in [0.15, 0.2) is 0 Å². The molecule has 0 saturated carbocycles. The molecule has 1 aliphatic rings. The molecule has 0 bridgehead atoms. The van der Waals surface area contributed by atoms with E-state index in [1.54, 1.807) is 11.5 Å². The minimum atomic E-state index is -3.83. The molecule has 1 amide bonds. The van der Waals surface area contributed by atoms with Crippen LogP contribution in [0.5, 0.6) is 0 Å². The van der Waals surface area contributed by atoms with Crippen LogP contribution in [0.3, 0.4) is 0 Å². The fourth-order valence-corrected chi connectivity index (χ4v) is 4.41. The quantitative estimate of drug-likeness (QED) is 0.408. The number of hydrogen-bond acceptors (Lipinski definition) is 6. The highest BCUT2D eigenvalue weighted by atomic mass is 32.2. The molecule has 2 rings (SSSR count). The normalized spacial score (nSPS) is 15.5. The predicted molar refractivity (Wildman–Crippen MR) is 99.4 cm³/mol. The summed E-state index contributed by atoms with van der Waals surface area (Å²) in [5.74, 6) is -0.841. The summed E-state index contributed by atoms with van der Waals surface area (Å²) in [4.78, 5) is 22.0. The van der Waals surface area contributed by atoms with Crippen LogP contribution in [0.1, 0.15) is 43.0 Å². The predicted octanol–water partition coefficient (Wildman–Crippen LogP) is 2.65. The third-order valence-corrected chi connectivity index (χ3v) is 6.11. The molecule has 1 aromatic carbocycles. The van der Waals surface area contributed by atoms with E-state index in [-0.39, 0.29) is 16.6 Å². The van der Waals surface area contributed by atoms with Crippen molar-refractivity contribution in [3.8, 4) is 0 Å². The summed E-state index contributed by atoms with van der Waals surface area (Å²) in [6.07, 6.45) is 3.35. The minimum absolute atomic E-state index is 0.0656. The summed E-state index contributed by atoms with van der Waals surface area (Å²) in [7, 11) is -3.33. The molecule has 1 N–H and O–H groups in total. The number of rotatable bonds is 8. The second-order valence-corrected chi connectivity index (χ2v) is 7.76. The Hall–Kier alpha value is -1.91. The van der Waals surface area contributed by atoms with Crippen LogP contribution in [0, 0.1) is 4.91 Å². The first kappa shape index (κ1) is 23.1. The van der Waals surface area contributed by atoms with Crippen LogP contribution in [-0.4, -0.2) is 51.6 Å². The lowest BCUT2D eigenvalue weighted by Gasteiger charge is -2.31. The van der Waals surface area contributed by atoms with Gasteiger partial charge in [0.25, 0.3) is 5.91 Å². The van der Waals surface area contributed by atoms with E-state index in [1.807, 2.05) is 0 Å². The van der Waals surface area contributed by atoms with E-state index in [0.717, 1.165) is 12.8 Å². The van der Waals surface area contributed by atoms with Crippen LogP contribution in [-0.2, 0) is 14.8 Å². The topological polar surface area (TPSA) is 105 Å². The van der Waals surface area contributed by atoms with E-state index < -0.39 is 15.9 Å². The molecule has 0 aromatic heterocycles. The summed E-state index contributed by atoms with van der Waals surface area (Å²) < 4.78 is 42.4. The van der Waals surface area contributed by atoms with E-state index in [9.17, 15) is 22.5 Å². The molecule has 1 fully saturated rings. The molecule has 1 aliphatic heterocycles. The van der Waals surface area contributed by atoms with Gasteiger partial charge >= 0.3 is 0 Å². The van der Waals surface area contributed by atoms with Crippen molar-refractivity contribution in [1.29, 1.82) is 0 Å². The van der Waals surface area contributed by atoms with Crippen molar-refractivity contribution < 1.29 is 22.3 Å². The Bertz CT molecular complexity index is 706. The average molecular weight is 403 g/mol. The Kier molecular flexibility index (Phi) is 10.0. The number of ether oxygens (including phenoxy) is 1. The van der Waals surface area contributed by atoms with Crippen LogP contribution in [0.25, 0.3) is 0 Å². The van der Waals surface area contributed by atoms with Gasteiger partial charge in [-0.2, -0.15) is 4.31 Å². The van der Waals surface area contributed by atoms with Crippen molar-refractivity contribution in [2.45, 2.75) is 43.6 Å². The van der Waals surface area contributed by atoms with Gasteiger partial charge in [-0.05, 0) is 31.4 Å². The fourth-order valence-electron chi connectivity index (χ4n) is 2.75. The maximum atomic E-state index is 12.9. The van der Waals surface area contributed by atoms with Gasteiger partial charge in [0.05, 0.1) is 29.0 Å². The number of nitrogens with zero attached hydrogens (tertiary/aromatic N) is 2. The molecule has 1 aromatic rings. The first-order chi connectivity index (χ1) is 13.0. The number of alkyl halides is 1. The summed E-state index contributed by atoms with van der Waals surface area (Å²) in [6.45, 7) is 3.45. The highest BCUT2D eigenvalue weighted by molar-refractivity contribution is 7.89. The lowest BCUT2D eigenvalue weighted by atomic mass is 10.1. The number of amides is 1. The first-order valence-corrected chi connectivity index (χ1v) is 10.2. The number of carbonyl (C=O) groups excluding carboxylic acids is 1. The lowest BCUT2D eigenvalue weighted by molar-refractivity contribution is 0.0198. The molecule has 0 spiro atoms. The maximum Gasteiger partial charge on any atom is 0.275 e. The zero-order chi connectivity index (χ0) is 20.3. The van der Waals surface area contributed by atoms with Crippen LogP contribution in [0.15, 0.2) is 34.4 Å². The zero-order valence-electron chi connectivity index (χ0n) is 15.6. The SMILES string of the molecule is CCCCOC1CCN(S(=O)(=O)c2ccccc2C(=O)NN=O)CC1.CF. The smallest absolute Gasteiger partial charge is 0.275 e. The second kappa shape index (κ2) is 11.7. The summed E-state index contributed by atoms with van der Waals surface area (Å²) in [5, 5.41) is 2.32. The van der Waals surface area contributed by atoms with Crippen molar-refractivity contribution in [3.63, 3.8) is 0 Å². The number of halogens is 1. The number of piperidine rings is 1. The maximum absolute atomic E-state index is 12.9. The Morgan fingerprint density at radius 3 is 2.52 bits per heavy atom. The molecule has 27 heavy (non-hydrogen) atoms. The van der Waals surface area contributed by atoms with Gasteiger partial charge in [-0.3, -0.25) is 9.18 Å². The van der Waals surface area contributed by atoms with Crippen LogP contribution in [0.2, 0.25) is 0 Å². The van der Waals surface area contributed by atoms with Gasteiger partial charge in [0.1, 0.15) is 0 Å². The van der Waals surface area contributed by atoms with Crippen molar-refractivity contribution in [2.24, 2.45) is 5.29 Å². The zero-order valence-corrected chi connectivity index (χ0v) is 16.4. The number of unbranched alkanes of at least 4 members (excludes halogenated alkanes) is 1. The Balaban J connectivity index is 0.00000176. The molecule has 152 valence electrons. The molecular formula is C17H26FN3O5S. The summed E-state index contributed by atoms with van der Waals surface area (Å²) >= 11 is 0. The molecule has 8 nitrogen and oxygen atoms in total. The van der Waals surface area contributed by atoms with Crippen LogP contribution in [0.4, 0.5) is 4.39 Å². The third kappa shape index (κ3) is 6.33. The Morgan fingerprint density at radius 1 is 1.30 bits per heavy atom. The molecule has 1 saturated heterocycles. The number of nitrogens with one attached hydrogen (secondary N) is 1. The minimum Gasteiger partial charge on any atom is -0.378 e. The van der Waals surface area contributed by atoms with Gasteiger partial charge in [-0.1, -0.05) is 25.5 Å². The molecule has 10 heteroatoms. The van der Waals surface area contributed by atoms with Gasteiger partial charge in [-0.15, -0.1) is 4.91 Å². The summed E-state index contributed by atoms with van der Waals surface area (Å²) in [5.41, 5.74) is 1.65. The Morgan fingerprint density at radius 2 is 1.93 bits per heavy atom. The van der Waals surface area contributed by atoms with E-state index in [2.05, 4.69) is 12.2 Å². The van der Waals surface area contributed by atoms with E-state index in [1.165, 1.54) is 22.5 Å². The molecule has 0 aliphatic carbocycles. The van der Waals surface area contributed by atoms with Crippen molar-refractivity contribution in [2.75, 3.05) is 26.9 Å². The summed E-state index contributed by atoms with van der Waals surface area (Å²) in [6, 6.07) is 5.79. The van der Waals surface area contributed by atoms with Gasteiger partial charge in [0, 0.05) is 19.7 Å². The second-order valence-electron chi connectivity index (χ2n) is 5.86. The highest BCUT2D eigenvalue weighted by Gasteiger charge is 2.32. The lowest BCUT2D eigenvalue weighted by Crippen LogP contribution is -2.41. The number of nitroso groups, excluding NO2 is 1. The van der Waals surface area contributed by atoms with E-state index in [4.69, 9.17) is 4.74 Å². The molecule has 0 radical (unpaired) electrons. The van der Waals surface area contributed by atoms with Crippen LogP contribution < -0.4 is 5.43 Å². The number of carbonyl (C=O) groups is 1. The average Bonchev–Trinajstić information content (AvgIpc) is 2.70. The first-order valence-electron chi connectivity index (χ1n) is 8.72. The van der Waals surface area contributed by atoms with E-state index >= 15 is 0 Å². The number of sulfonamides is 1. The highest BCUT2D eigenvalue weighted by Crippen LogP contribution is 2.24. The monoisotopic (exact) mass is 403 g/mol. The largest absolute Gasteiger partial charge is 0.378 e. The molecule has 0 unspecified atom stereocenters. The van der Waals surface area contributed by atoms with Crippen molar-refractivity contribution in [3.05, 3.63) is 34.7 Å². The van der Waals surface area contributed by atoms with Gasteiger partial charge in [-0.25, -0.2) is 13.8 Å². The van der Waals surface area contributed by atoms with Crippen molar-refractivity contribution in [1.82, 2.24) is 9.73 Å². The number of hydrogen-bond donors (Lipinski definition) is 1. The Labute approximate surface area is 159 Å². The van der Waals surface area contributed by atoms with Gasteiger partial charge in [0.2, 0.25) is 10.0 Å². The van der Waals surface area contributed by atoms with E-state index in [0.29, 0.717) is 39.7 Å². The molecule has 0 atom stereocenters. The molecule has 1 heterocycles. The van der Waals surface area contributed by atoms with Crippen molar-refractivity contribution >= 4 is 15.9 Å². The van der Waals surface area contributed by atoms with Gasteiger partial charge < -0.3 is 4.74 Å². The fraction of sp³-hybridized carbons (Fsp3) is 0.588. The van der Waals surface area contributed by atoms with Crippen LogP contribution >= 0.6 is 0 Å². The standard InChI is InChI=1S/C16H23N3O5S.CH3F/c1-2-3-12-24-13-8-10-19(11-9-13)25(22,23)15-7-5-4-6-14(15)16(20)17-18-21;1-2/h4-7,13H,2-3,8-12H2,1H3,(H,17,20,21);1H3. The molecular weight excluding hydrogens is 377 g/mol. The number of benzene rings is 1.